The van der Waals surface area contributed by atoms with E-state index in [2.05, 4.69) is 26.8 Å². The van der Waals surface area contributed by atoms with E-state index in [1.165, 1.54) is 0 Å². The lowest BCUT2D eigenvalue weighted by Gasteiger charge is -2.08. The smallest absolute Gasteiger partial charge is 0.306 e. The zero-order valence-electron chi connectivity index (χ0n) is 12.5. The highest BCUT2D eigenvalue weighted by atomic mass is 79.9. The average molecular weight is 371 g/mol. The van der Waals surface area contributed by atoms with E-state index in [0.717, 1.165) is 4.47 Å². The molecule has 22 heavy (non-hydrogen) atoms. The molecule has 1 aromatic rings. The quantitative estimate of drug-likeness (QED) is 0.593. The molecule has 0 unspecified atom stereocenters. The molecule has 0 heterocycles. The van der Waals surface area contributed by atoms with Gasteiger partial charge in [-0.2, -0.15) is 0 Å². The van der Waals surface area contributed by atoms with Crippen LogP contribution in [0, 0.1) is 5.92 Å². The van der Waals surface area contributed by atoms with E-state index in [0.29, 0.717) is 17.9 Å². The van der Waals surface area contributed by atoms with Crippen LogP contribution >= 0.6 is 15.9 Å². The largest absolute Gasteiger partial charge is 0.455 e. The summed E-state index contributed by atoms with van der Waals surface area (Å²) < 4.78 is 5.65. The number of hydrogen-bond acceptors (Lipinski definition) is 4. The highest BCUT2D eigenvalue weighted by Crippen LogP contribution is 2.10. The lowest BCUT2D eigenvalue weighted by molar-refractivity contribution is -0.148. The molecule has 0 aliphatic heterocycles. The van der Waals surface area contributed by atoms with E-state index in [4.69, 9.17) is 4.74 Å². The standard InChI is InChI=1S/C15H19BrN2O4/c1-10(2)3-8-14(20)22-9-13(19)17-18-15(21)11-4-6-12(16)7-5-11/h4-7,10H,3,8-9H2,1-2H3,(H,17,19)(H,18,21). The third-order valence-corrected chi connectivity index (χ3v) is 3.24. The molecular weight excluding hydrogens is 352 g/mol. The Labute approximate surface area is 137 Å². The molecular formula is C15H19BrN2O4. The molecule has 2 amide bonds. The zero-order chi connectivity index (χ0) is 16.5. The maximum Gasteiger partial charge on any atom is 0.306 e. The Morgan fingerprint density at radius 3 is 2.36 bits per heavy atom. The topological polar surface area (TPSA) is 84.5 Å². The Kier molecular flexibility index (Phi) is 7.59. The molecule has 0 spiro atoms. The number of nitrogens with one attached hydrogen (secondary N) is 2. The summed E-state index contributed by atoms with van der Waals surface area (Å²) in [6.45, 7) is 3.58. The van der Waals surface area contributed by atoms with Crippen LogP contribution in [0.2, 0.25) is 0 Å². The molecule has 1 rings (SSSR count). The second kappa shape index (κ2) is 9.19. The molecule has 0 saturated heterocycles. The predicted octanol–water partition coefficient (Wildman–Crippen LogP) is 2.19. The summed E-state index contributed by atoms with van der Waals surface area (Å²) in [4.78, 5) is 34.5. The molecule has 7 heteroatoms. The van der Waals surface area contributed by atoms with Crippen molar-refractivity contribution in [1.29, 1.82) is 0 Å². The third-order valence-electron chi connectivity index (χ3n) is 2.71. The van der Waals surface area contributed by atoms with Gasteiger partial charge in [-0.05, 0) is 36.6 Å². The maximum atomic E-state index is 11.7. The first-order chi connectivity index (χ1) is 10.4. The lowest BCUT2D eigenvalue weighted by atomic mass is 10.1. The van der Waals surface area contributed by atoms with E-state index < -0.39 is 24.4 Å². The molecule has 0 bridgehead atoms. The zero-order valence-corrected chi connectivity index (χ0v) is 14.1. The van der Waals surface area contributed by atoms with Crippen LogP contribution in [-0.4, -0.2) is 24.4 Å². The summed E-state index contributed by atoms with van der Waals surface area (Å²) in [5, 5.41) is 0. The Balaban J connectivity index is 2.26. The van der Waals surface area contributed by atoms with Crippen molar-refractivity contribution in [1.82, 2.24) is 10.9 Å². The van der Waals surface area contributed by atoms with E-state index in [1.54, 1.807) is 24.3 Å². The van der Waals surface area contributed by atoms with Gasteiger partial charge in [0.2, 0.25) is 0 Å². The number of carbonyl (C=O) groups excluding carboxylic acids is 3. The molecule has 0 aliphatic rings. The summed E-state index contributed by atoms with van der Waals surface area (Å²) in [6.07, 6.45) is 0.983. The fraction of sp³-hybridized carbons (Fsp3) is 0.400. The first-order valence-corrected chi connectivity index (χ1v) is 7.68. The normalized spacial score (nSPS) is 10.2. The van der Waals surface area contributed by atoms with Gasteiger partial charge in [-0.15, -0.1) is 0 Å². The van der Waals surface area contributed by atoms with Crippen molar-refractivity contribution in [2.24, 2.45) is 5.92 Å². The molecule has 0 fully saturated rings. The van der Waals surface area contributed by atoms with Gasteiger partial charge < -0.3 is 4.74 Å². The van der Waals surface area contributed by atoms with Crippen molar-refractivity contribution in [3.8, 4) is 0 Å². The summed E-state index contributed by atoms with van der Waals surface area (Å²) in [6, 6.07) is 6.65. The van der Waals surface area contributed by atoms with Crippen LogP contribution in [-0.2, 0) is 14.3 Å². The van der Waals surface area contributed by atoms with Gasteiger partial charge in [0.25, 0.3) is 11.8 Å². The van der Waals surface area contributed by atoms with Gasteiger partial charge in [-0.25, -0.2) is 0 Å². The molecule has 0 aliphatic carbocycles. The van der Waals surface area contributed by atoms with Crippen molar-refractivity contribution in [2.45, 2.75) is 26.7 Å². The molecule has 0 radical (unpaired) electrons. The van der Waals surface area contributed by atoms with Crippen LogP contribution in [0.4, 0.5) is 0 Å². The van der Waals surface area contributed by atoms with E-state index in [-0.39, 0.29) is 6.42 Å². The first-order valence-electron chi connectivity index (χ1n) is 6.89. The van der Waals surface area contributed by atoms with Crippen molar-refractivity contribution in [3.05, 3.63) is 34.3 Å². The predicted molar refractivity (Wildman–Crippen MR) is 84.8 cm³/mol. The number of benzene rings is 1. The van der Waals surface area contributed by atoms with Crippen LogP contribution in [0.3, 0.4) is 0 Å². The fourth-order valence-corrected chi connectivity index (χ4v) is 1.73. The summed E-state index contributed by atoms with van der Waals surface area (Å²) >= 11 is 3.26. The molecule has 0 aromatic heterocycles. The molecule has 1 aromatic carbocycles. The second-order valence-electron chi connectivity index (χ2n) is 5.10. The highest BCUT2D eigenvalue weighted by molar-refractivity contribution is 9.10. The summed E-state index contributed by atoms with van der Waals surface area (Å²) in [5.41, 5.74) is 4.84. The monoisotopic (exact) mass is 370 g/mol. The van der Waals surface area contributed by atoms with E-state index >= 15 is 0 Å². The van der Waals surface area contributed by atoms with Gasteiger partial charge in [0.15, 0.2) is 6.61 Å². The maximum absolute atomic E-state index is 11.7. The Morgan fingerprint density at radius 1 is 1.14 bits per heavy atom. The average Bonchev–Trinajstić information content (AvgIpc) is 2.49. The Morgan fingerprint density at radius 2 is 1.77 bits per heavy atom. The number of hydrazine groups is 1. The van der Waals surface area contributed by atoms with Crippen LogP contribution in [0.5, 0.6) is 0 Å². The van der Waals surface area contributed by atoms with Crippen molar-refractivity contribution in [2.75, 3.05) is 6.61 Å². The number of esters is 1. The van der Waals surface area contributed by atoms with Crippen LogP contribution in [0.1, 0.15) is 37.0 Å². The molecule has 2 N–H and O–H groups in total. The van der Waals surface area contributed by atoms with E-state index in [1.807, 2.05) is 13.8 Å². The SMILES string of the molecule is CC(C)CCC(=O)OCC(=O)NNC(=O)c1ccc(Br)cc1. The molecule has 6 nitrogen and oxygen atoms in total. The Bertz CT molecular complexity index is 529. The second-order valence-corrected chi connectivity index (χ2v) is 6.02. The highest BCUT2D eigenvalue weighted by Gasteiger charge is 2.10. The van der Waals surface area contributed by atoms with Gasteiger partial charge in [0.1, 0.15) is 0 Å². The third kappa shape index (κ3) is 7.21. The minimum absolute atomic E-state index is 0.274. The van der Waals surface area contributed by atoms with Gasteiger partial charge in [0.05, 0.1) is 0 Å². The fourth-order valence-electron chi connectivity index (χ4n) is 1.46. The van der Waals surface area contributed by atoms with Gasteiger partial charge >= 0.3 is 5.97 Å². The van der Waals surface area contributed by atoms with Gasteiger partial charge in [-0.3, -0.25) is 25.2 Å². The van der Waals surface area contributed by atoms with E-state index in [9.17, 15) is 14.4 Å². The summed E-state index contributed by atoms with van der Waals surface area (Å²) in [5.74, 6) is -1.08. The minimum Gasteiger partial charge on any atom is -0.455 e. The lowest BCUT2D eigenvalue weighted by Crippen LogP contribution is -2.43. The number of ether oxygens (including phenoxy) is 1. The number of hydrogen-bond donors (Lipinski definition) is 2. The number of amides is 2. The number of carbonyl (C=O) groups is 3. The molecule has 0 atom stereocenters. The summed E-state index contributed by atoms with van der Waals surface area (Å²) in [7, 11) is 0. The van der Waals surface area contributed by atoms with Gasteiger partial charge in [0, 0.05) is 16.5 Å². The van der Waals surface area contributed by atoms with Crippen LogP contribution in [0.15, 0.2) is 28.7 Å². The van der Waals surface area contributed by atoms with Crippen molar-refractivity contribution < 1.29 is 19.1 Å². The first kappa shape index (κ1) is 18.2. The Hall–Kier alpha value is -1.89. The number of rotatable bonds is 6. The van der Waals surface area contributed by atoms with Crippen molar-refractivity contribution >= 4 is 33.7 Å². The van der Waals surface area contributed by atoms with Gasteiger partial charge in [-0.1, -0.05) is 29.8 Å². The number of halogens is 1. The minimum atomic E-state index is -0.594. The molecule has 0 saturated carbocycles. The molecule has 120 valence electrons. The van der Waals surface area contributed by atoms with Crippen LogP contribution < -0.4 is 10.9 Å². The van der Waals surface area contributed by atoms with Crippen molar-refractivity contribution in [3.63, 3.8) is 0 Å². The van der Waals surface area contributed by atoms with Crippen LogP contribution in [0.25, 0.3) is 0 Å².